The molecule has 5 nitrogen and oxygen atoms in total. The van der Waals surface area contributed by atoms with E-state index in [1.165, 1.54) is 5.56 Å². The number of benzene rings is 2. The Bertz CT molecular complexity index is 925. The summed E-state index contributed by atoms with van der Waals surface area (Å²) in [5.41, 5.74) is 3.03. The van der Waals surface area contributed by atoms with Crippen molar-refractivity contribution in [3.05, 3.63) is 93.7 Å². The summed E-state index contributed by atoms with van der Waals surface area (Å²) in [6.45, 7) is 4.30. The van der Waals surface area contributed by atoms with E-state index >= 15 is 0 Å². The van der Waals surface area contributed by atoms with Crippen molar-refractivity contribution in [3.8, 4) is 0 Å². The third-order valence-corrected chi connectivity index (χ3v) is 5.48. The van der Waals surface area contributed by atoms with E-state index in [2.05, 4.69) is 40.2 Å². The Hall–Kier alpha value is -2.96. The van der Waals surface area contributed by atoms with Gasteiger partial charge in [0.05, 0.1) is 6.04 Å². The Morgan fingerprint density at radius 2 is 1.66 bits per heavy atom. The Kier molecular flexibility index (Phi) is 7.16. The zero-order valence-electron chi connectivity index (χ0n) is 16.5. The quantitative estimate of drug-likeness (QED) is 0.546. The summed E-state index contributed by atoms with van der Waals surface area (Å²) < 4.78 is 0. The van der Waals surface area contributed by atoms with Crippen LogP contribution in [0.4, 0.5) is 4.79 Å². The molecule has 0 unspecified atom stereocenters. The summed E-state index contributed by atoms with van der Waals surface area (Å²) in [7, 11) is 0. The van der Waals surface area contributed by atoms with Crippen LogP contribution >= 0.6 is 11.3 Å². The summed E-state index contributed by atoms with van der Waals surface area (Å²) in [5, 5.41) is 10.5. The fourth-order valence-corrected chi connectivity index (χ4v) is 3.89. The Morgan fingerprint density at radius 3 is 2.28 bits per heavy atom. The first-order valence-electron chi connectivity index (χ1n) is 9.58. The molecule has 3 aromatic rings. The fraction of sp³-hybridized carbons (Fsp3) is 0.217. The van der Waals surface area contributed by atoms with Crippen LogP contribution in [0, 0.1) is 6.92 Å². The molecule has 29 heavy (non-hydrogen) atoms. The maximum Gasteiger partial charge on any atom is 0.321 e. The molecule has 0 fully saturated rings. The van der Waals surface area contributed by atoms with E-state index in [0.29, 0.717) is 6.54 Å². The minimum atomic E-state index is -0.688. The highest BCUT2D eigenvalue weighted by Crippen LogP contribution is 2.29. The van der Waals surface area contributed by atoms with Crippen LogP contribution in [0.3, 0.4) is 0 Å². The zero-order valence-corrected chi connectivity index (χ0v) is 17.3. The average molecular weight is 408 g/mol. The number of carbonyl (C=O) groups excluding carboxylic acids is 2. The molecule has 0 radical (unpaired) electrons. The number of urea groups is 1. The van der Waals surface area contributed by atoms with Crippen LogP contribution in [-0.4, -0.2) is 18.5 Å². The molecule has 0 spiro atoms. The number of imide groups is 1. The third kappa shape index (κ3) is 5.53. The standard InChI is InChI=1S/C23H25N3O2S/c1-3-24-23(28)26-22(27)21(17-8-5-4-6-9-17)25-20(19-10-7-15-29-19)18-13-11-16(2)12-14-18/h4-15,20-21,25H,3H2,1-2H3,(H2,24,26,27,28)/t20-,21-/m0/s1. The molecule has 6 heteroatoms. The van der Waals surface area contributed by atoms with E-state index in [0.717, 1.165) is 16.0 Å². The van der Waals surface area contributed by atoms with Crippen molar-refractivity contribution < 1.29 is 9.59 Å². The van der Waals surface area contributed by atoms with Gasteiger partial charge in [-0.2, -0.15) is 0 Å². The van der Waals surface area contributed by atoms with Crippen LogP contribution in [0.2, 0.25) is 0 Å². The molecule has 3 rings (SSSR count). The lowest BCUT2D eigenvalue weighted by atomic mass is 9.99. The maximum atomic E-state index is 13.0. The van der Waals surface area contributed by atoms with Crippen LogP contribution in [0.1, 0.15) is 40.6 Å². The molecule has 1 heterocycles. The predicted molar refractivity (Wildman–Crippen MR) is 117 cm³/mol. The topological polar surface area (TPSA) is 70.2 Å². The molecule has 2 aromatic carbocycles. The SMILES string of the molecule is CCNC(=O)NC(=O)[C@@H](N[C@@H](c1ccc(C)cc1)c1cccs1)c1ccccc1. The number of rotatable bonds is 7. The third-order valence-electron chi connectivity index (χ3n) is 4.54. The molecular formula is C23H25N3O2S. The van der Waals surface area contributed by atoms with E-state index in [1.54, 1.807) is 18.3 Å². The van der Waals surface area contributed by atoms with Gasteiger partial charge in [0.2, 0.25) is 5.91 Å². The lowest BCUT2D eigenvalue weighted by molar-refractivity contribution is -0.122. The van der Waals surface area contributed by atoms with Crippen molar-refractivity contribution in [2.45, 2.75) is 25.9 Å². The van der Waals surface area contributed by atoms with Crippen LogP contribution in [0.25, 0.3) is 0 Å². The van der Waals surface area contributed by atoms with Gasteiger partial charge in [-0.3, -0.25) is 15.4 Å². The first kappa shape index (κ1) is 20.8. The number of thiophene rings is 1. The van der Waals surface area contributed by atoms with Gasteiger partial charge in [0.15, 0.2) is 0 Å². The second-order valence-electron chi connectivity index (χ2n) is 6.72. The molecule has 1 aromatic heterocycles. The van der Waals surface area contributed by atoms with Gasteiger partial charge >= 0.3 is 6.03 Å². The molecule has 150 valence electrons. The van der Waals surface area contributed by atoms with Gasteiger partial charge in [-0.1, -0.05) is 66.2 Å². The van der Waals surface area contributed by atoms with Gasteiger partial charge in [0.25, 0.3) is 0 Å². The molecule has 0 aliphatic carbocycles. The summed E-state index contributed by atoms with van der Waals surface area (Å²) in [5.74, 6) is -0.393. The van der Waals surface area contributed by atoms with Gasteiger partial charge in [-0.15, -0.1) is 11.3 Å². The molecule has 0 saturated carbocycles. The molecular weight excluding hydrogens is 382 g/mol. The number of carbonyl (C=O) groups is 2. The van der Waals surface area contributed by atoms with Gasteiger partial charge in [-0.25, -0.2) is 4.79 Å². The number of aryl methyl sites for hydroxylation is 1. The molecule has 3 N–H and O–H groups in total. The number of nitrogens with one attached hydrogen (secondary N) is 3. The molecule has 0 aliphatic rings. The van der Waals surface area contributed by atoms with Crippen molar-refractivity contribution >= 4 is 23.3 Å². The van der Waals surface area contributed by atoms with E-state index in [1.807, 2.05) is 54.8 Å². The Balaban J connectivity index is 1.93. The average Bonchev–Trinajstić information content (AvgIpc) is 3.25. The predicted octanol–water partition coefficient (Wildman–Crippen LogP) is 4.32. The van der Waals surface area contributed by atoms with Gasteiger partial charge in [0.1, 0.15) is 6.04 Å². The van der Waals surface area contributed by atoms with Crippen molar-refractivity contribution in [3.63, 3.8) is 0 Å². The fourth-order valence-electron chi connectivity index (χ4n) is 3.08. The van der Waals surface area contributed by atoms with Crippen molar-refractivity contribution in [1.29, 1.82) is 0 Å². The van der Waals surface area contributed by atoms with E-state index in [9.17, 15) is 9.59 Å². The molecule has 3 amide bonds. The molecule has 0 saturated heterocycles. The maximum absolute atomic E-state index is 13.0. The lowest BCUT2D eigenvalue weighted by Crippen LogP contribution is -2.45. The molecule has 2 atom stereocenters. The van der Waals surface area contributed by atoms with Crippen LogP contribution in [-0.2, 0) is 4.79 Å². The summed E-state index contributed by atoms with van der Waals surface area (Å²) in [6, 6.07) is 20.4. The highest BCUT2D eigenvalue weighted by molar-refractivity contribution is 7.10. The first-order chi connectivity index (χ1) is 14.1. The first-order valence-corrected chi connectivity index (χ1v) is 10.5. The van der Waals surface area contributed by atoms with Crippen LogP contribution < -0.4 is 16.0 Å². The largest absolute Gasteiger partial charge is 0.338 e. The Morgan fingerprint density at radius 1 is 0.931 bits per heavy atom. The summed E-state index contributed by atoms with van der Waals surface area (Å²) in [4.78, 5) is 26.0. The van der Waals surface area contributed by atoms with Gasteiger partial charge in [0, 0.05) is 11.4 Å². The highest BCUT2D eigenvalue weighted by Gasteiger charge is 2.27. The van der Waals surface area contributed by atoms with E-state index in [-0.39, 0.29) is 6.04 Å². The van der Waals surface area contributed by atoms with Gasteiger partial charge < -0.3 is 5.32 Å². The van der Waals surface area contributed by atoms with Crippen molar-refractivity contribution in [1.82, 2.24) is 16.0 Å². The van der Waals surface area contributed by atoms with Crippen molar-refractivity contribution in [2.75, 3.05) is 6.54 Å². The molecule has 0 aliphatic heterocycles. The monoisotopic (exact) mass is 407 g/mol. The second-order valence-corrected chi connectivity index (χ2v) is 7.70. The zero-order chi connectivity index (χ0) is 20.6. The van der Waals surface area contributed by atoms with Crippen LogP contribution in [0.15, 0.2) is 72.1 Å². The second kappa shape index (κ2) is 10.0. The van der Waals surface area contributed by atoms with Crippen LogP contribution in [0.5, 0.6) is 0 Å². The minimum absolute atomic E-state index is 0.180. The lowest BCUT2D eigenvalue weighted by Gasteiger charge is -2.25. The smallest absolute Gasteiger partial charge is 0.321 e. The van der Waals surface area contributed by atoms with E-state index < -0.39 is 18.0 Å². The van der Waals surface area contributed by atoms with E-state index in [4.69, 9.17) is 0 Å². The Labute approximate surface area is 175 Å². The number of hydrogen-bond acceptors (Lipinski definition) is 4. The summed E-state index contributed by atoms with van der Waals surface area (Å²) in [6.07, 6.45) is 0. The van der Waals surface area contributed by atoms with Crippen molar-refractivity contribution in [2.24, 2.45) is 0 Å². The highest BCUT2D eigenvalue weighted by atomic mass is 32.1. The minimum Gasteiger partial charge on any atom is -0.338 e. The summed E-state index contributed by atoms with van der Waals surface area (Å²) >= 11 is 1.63. The van der Waals surface area contributed by atoms with Gasteiger partial charge in [-0.05, 0) is 36.4 Å². The number of hydrogen-bond donors (Lipinski definition) is 3. The number of amides is 3. The normalized spacial score (nSPS) is 12.8. The molecule has 0 bridgehead atoms.